The van der Waals surface area contributed by atoms with Crippen LogP contribution in [0.15, 0.2) is 48.5 Å². The van der Waals surface area contributed by atoms with Gasteiger partial charge in [0.15, 0.2) is 0 Å². The molecule has 0 heterocycles. The van der Waals surface area contributed by atoms with Gasteiger partial charge >= 0.3 is 6.18 Å². The first-order valence-electron chi connectivity index (χ1n) is 7.38. The number of para-hydroxylation sites is 1. The molecule has 0 aliphatic heterocycles. The number of phenolic OH excluding ortho intramolecular Hbond substituents is 1. The Morgan fingerprint density at radius 1 is 0.962 bits per heavy atom. The average Bonchev–Trinajstić information content (AvgIpc) is 2.59. The molecule has 0 atom stereocenters. The monoisotopic (exact) mass is 368 g/mol. The van der Waals surface area contributed by atoms with Gasteiger partial charge in [-0.25, -0.2) is 0 Å². The minimum Gasteiger partial charge on any atom is -0.507 e. The molecule has 2 rings (SSSR count). The van der Waals surface area contributed by atoms with E-state index in [0.717, 1.165) is 0 Å². The van der Waals surface area contributed by atoms with Crippen LogP contribution in [0.25, 0.3) is 0 Å². The van der Waals surface area contributed by atoms with Gasteiger partial charge in [-0.2, -0.15) is 13.2 Å². The Kier molecular flexibility index (Phi) is 6.18. The van der Waals surface area contributed by atoms with Crippen molar-refractivity contribution in [3.8, 4) is 5.75 Å². The summed E-state index contributed by atoms with van der Waals surface area (Å²) in [5.41, 5.74) is 4.97. The van der Waals surface area contributed by atoms with Crippen LogP contribution in [0, 0.1) is 0 Å². The number of hydrogen-bond donors (Lipinski definition) is 3. The van der Waals surface area contributed by atoms with Crippen molar-refractivity contribution in [1.29, 1.82) is 0 Å². The third-order valence-corrected chi connectivity index (χ3v) is 3.19. The zero-order chi connectivity index (χ0) is 19.2. The molecule has 0 fully saturated rings. The lowest BCUT2D eigenvalue weighted by Crippen LogP contribution is -2.41. The highest BCUT2D eigenvalue weighted by Crippen LogP contribution is 2.16. The second kappa shape index (κ2) is 8.34. The fraction of sp³-hybridized carbons (Fsp3) is 0.176. The van der Waals surface area contributed by atoms with E-state index in [1.165, 1.54) is 36.4 Å². The minimum absolute atomic E-state index is 0.00930. The lowest BCUT2D eigenvalue weighted by Gasteiger charge is -2.10. The van der Waals surface area contributed by atoms with Crippen molar-refractivity contribution in [1.82, 2.24) is 10.9 Å². The molecule has 2 aromatic rings. The van der Waals surface area contributed by atoms with E-state index in [-0.39, 0.29) is 23.5 Å². The zero-order valence-electron chi connectivity index (χ0n) is 13.3. The van der Waals surface area contributed by atoms with Gasteiger partial charge < -0.3 is 9.84 Å². The molecule has 0 spiro atoms. The first-order valence-corrected chi connectivity index (χ1v) is 7.38. The fourth-order valence-corrected chi connectivity index (χ4v) is 1.96. The molecule has 0 saturated heterocycles. The number of phenols is 1. The number of alkyl halides is 3. The van der Waals surface area contributed by atoms with Crippen molar-refractivity contribution in [3.63, 3.8) is 0 Å². The molecule has 6 nitrogen and oxygen atoms in total. The number of benzene rings is 2. The lowest BCUT2D eigenvalue weighted by atomic mass is 10.1. The summed E-state index contributed by atoms with van der Waals surface area (Å²) in [6.07, 6.45) is -4.40. The van der Waals surface area contributed by atoms with Crippen molar-refractivity contribution in [3.05, 3.63) is 65.2 Å². The Balaban J connectivity index is 1.86. The molecule has 0 aliphatic carbocycles. The van der Waals surface area contributed by atoms with Crippen LogP contribution in [-0.4, -0.2) is 29.7 Å². The van der Waals surface area contributed by atoms with E-state index >= 15 is 0 Å². The predicted octanol–water partition coefficient (Wildman–Crippen LogP) is 2.55. The molecule has 26 heavy (non-hydrogen) atoms. The summed E-state index contributed by atoms with van der Waals surface area (Å²) < 4.78 is 40.5. The number of hydrazine groups is 1. The summed E-state index contributed by atoms with van der Waals surface area (Å²) in [6.45, 7) is -1.60. The topological polar surface area (TPSA) is 87.7 Å². The maximum Gasteiger partial charge on any atom is 0.411 e. The second-order valence-corrected chi connectivity index (χ2v) is 5.23. The lowest BCUT2D eigenvalue weighted by molar-refractivity contribution is -0.176. The van der Waals surface area contributed by atoms with Crippen LogP contribution < -0.4 is 10.9 Å². The molecule has 0 aromatic heterocycles. The minimum atomic E-state index is -4.40. The van der Waals surface area contributed by atoms with Crippen molar-refractivity contribution < 1.29 is 32.6 Å². The highest BCUT2D eigenvalue weighted by Gasteiger charge is 2.27. The Morgan fingerprint density at radius 2 is 1.58 bits per heavy atom. The van der Waals surface area contributed by atoms with Crippen LogP contribution in [0.3, 0.4) is 0 Å². The van der Waals surface area contributed by atoms with E-state index in [2.05, 4.69) is 15.6 Å². The van der Waals surface area contributed by atoms with Crippen LogP contribution >= 0.6 is 0 Å². The molecule has 0 saturated carbocycles. The van der Waals surface area contributed by atoms with Crippen molar-refractivity contribution in [2.75, 3.05) is 6.61 Å². The van der Waals surface area contributed by atoms with Crippen LogP contribution in [0.5, 0.6) is 5.75 Å². The number of rotatable bonds is 5. The Morgan fingerprint density at radius 3 is 2.19 bits per heavy atom. The van der Waals surface area contributed by atoms with Crippen LogP contribution in [0.2, 0.25) is 0 Å². The normalized spacial score (nSPS) is 11.0. The number of ether oxygens (including phenoxy) is 1. The van der Waals surface area contributed by atoms with Gasteiger partial charge in [0, 0.05) is 5.56 Å². The van der Waals surface area contributed by atoms with Gasteiger partial charge in [0.1, 0.15) is 12.4 Å². The van der Waals surface area contributed by atoms with Gasteiger partial charge in [-0.3, -0.25) is 20.4 Å². The van der Waals surface area contributed by atoms with E-state index in [1.807, 2.05) is 0 Å². The van der Waals surface area contributed by atoms with Crippen molar-refractivity contribution in [2.24, 2.45) is 0 Å². The fourth-order valence-electron chi connectivity index (χ4n) is 1.96. The Bertz CT molecular complexity index is 776. The Hall–Kier alpha value is -3.07. The first kappa shape index (κ1) is 19.3. The molecular weight excluding hydrogens is 353 g/mol. The molecule has 0 unspecified atom stereocenters. The van der Waals surface area contributed by atoms with Gasteiger partial charge in [0.2, 0.25) is 0 Å². The summed E-state index contributed by atoms with van der Waals surface area (Å²) in [6, 6.07) is 11.5. The summed E-state index contributed by atoms with van der Waals surface area (Å²) in [5.74, 6) is -1.56. The summed E-state index contributed by atoms with van der Waals surface area (Å²) in [4.78, 5) is 23.8. The first-order chi connectivity index (χ1) is 12.3. The second-order valence-electron chi connectivity index (χ2n) is 5.23. The van der Waals surface area contributed by atoms with Gasteiger partial charge in [-0.15, -0.1) is 0 Å². The predicted molar refractivity (Wildman–Crippen MR) is 85.2 cm³/mol. The molecule has 0 radical (unpaired) electrons. The molecule has 0 aliphatic rings. The number of hydrogen-bond acceptors (Lipinski definition) is 4. The largest absolute Gasteiger partial charge is 0.507 e. The summed E-state index contributed by atoms with van der Waals surface area (Å²) in [5, 5.41) is 9.56. The van der Waals surface area contributed by atoms with E-state index in [9.17, 15) is 27.9 Å². The smallest absolute Gasteiger partial charge is 0.411 e. The molecule has 2 amide bonds. The van der Waals surface area contributed by atoms with Gasteiger partial charge in [-0.1, -0.05) is 24.3 Å². The molecule has 3 N–H and O–H groups in total. The van der Waals surface area contributed by atoms with Gasteiger partial charge in [0.05, 0.1) is 12.2 Å². The Labute approximate surface area is 146 Å². The zero-order valence-corrected chi connectivity index (χ0v) is 13.3. The maximum atomic E-state index is 12.0. The third kappa shape index (κ3) is 5.78. The average molecular weight is 368 g/mol. The molecular formula is C17H15F3N2O4. The van der Waals surface area contributed by atoms with E-state index < -0.39 is 24.6 Å². The third-order valence-electron chi connectivity index (χ3n) is 3.19. The number of aromatic hydroxyl groups is 1. The number of nitrogens with one attached hydrogen (secondary N) is 2. The number of carbonyl (C=O) groups is 2. The maximum absolute atomic E-state index is 12.0. The van der Waals surface area contributed by atoms with Crippen molar-refractivity contribution >= 4 is 11.8 Å². The van der Waals surface area contributed by atoms with Gasteiger partial charge in [0.25, 0.3) is 11.8 Å². The number of halogens is 3. The summed E-state index contributed by atoms with van der Waals surface area (Å²) >= 11 is 0. The molecule has 0 bridgehead atoms. The molecule has 138 valence electrons. The van der Waals surface area contributed by atoms with E-state index in [4.69, 9.17) is 0 Å². The highest BCUT2D eigenvalue weighted by molar-refractivity contribution is 6.00. The van der Waals surface area contributed by atoms with Crippen LogP contribution in [0.1, 0.15) is 26.3 Å². The van der Waals surface area contributed by atoms with Crippen molar-refractivity contribution in [2.45, 2.75) is 12.8 Å². The van der Waals surface area contributed by atoms with Gasteiger partial charge in [-0.05, 0) is 29.8 Å². The molecule has 2 aromatic carbocycles. The number of carbonyl (C=O) groups excluding carboxylic acids is 2. The van der Waals surface area contributed by atoms with E-state index in [1.54, 1.807) is 12.1 Å². The SMILES string of the molecule is O=C(NNC(=O)c1ccccc1O)c1ccc(COCC(F)(F)F)cc1. The molecule has 9 heteroatoms. The quantitative estimate of drug-likeness (QED) is 0.708. The van der Waals surface area contributed by atoms with Crippen LogP contribution in [-0.2, 0) is 11.3 Å². The van der Waals surface area contributed by atoms with E-state index in [0.29, 0.717) is 5.56 Å². The van der Waals surface area contributed by atoms with Crippen LogP contribution in [0.4, 0.5) is 13.2 Å². The highest BCUT2D eigenvalue weighted by atomic mass is 19.4. The summed E-state index contributed by atoms with van der Waals surface area (Å²) in [7, 11) is 0. The standard InChI is InChI=1S/C17H15F3N2O4/c18-17(19,20)10-26-9-11-5-7-12(8-6-11)15(24)21-22-16(25)13-3-1-2-4-14(13)23/h1-8,23H,9-10H2,(H,21,24)(H,22,25). The number of amides is 2.